The van der Waals surface area contributed by atoms with Gasteiger partial charge in [-0.3, -0.25) is 4.79 Å². The first-order valence-corrected chi connectivity index (χ1v) is 8.45. The molecule has 0 fully saturated rings. The first kappa shape index (κ1) is 17.7. The minimum Gasteiger partial charge on any atom is -0.466 e. The molecule has 0 spiro atoms. The molecule has 0 aromatic heterocycles. The van der Waals surface area contributed by atoms with Crippen molar-refractivity contribution in [2.75, 3.05) is 20.2 Å². The minimum absolute atomic E-state index is 0.0493. The van der Waals surface area contributed by atoms with Crippen LogP contribution in [0.4, 0.5) is 0 Å². The standard InChI is InChI=1S/C15H23NO4S/c1-5-20-15(17)10-11-16(4)21(18,19)14-8-6-13(7-9-14)12(2)3/h6-9,12H,5,10-11H2,1-4H3. The fourth-order valence-electron chi connectivity index (χ4n) is 1.81. The van der Waals surface area contributed by atoms with Crippen molar-refractivity contribution < 1.29 is 17.9 Å². The van der Waals surface area contributed by atoms with Crippen LogP contribution in [0.3, 0.4) is 0 Å². The molecule has 0 aliphatic carbocycles. The number of benzene rings is 1. The maximum Gasteiger partial charge on any atom is 0.307 e. The molecular formula is C15H23NO4S. The monoisotopic (exact) mass is 313 g/mol. The first-order chi connectivity index (χ1) is 9.78. The van der Waals surface area contributed by atoms with Gasteiger partial charge in [0.15, 0.2) is 0 Å². The van der Waals surface area contributed by atoms with Gasteiger partial charge in [0.05, 0.1) is 17.9 Å². The van der Waals surface area contributed by atoms with Crippen molar-refractivity contribution in [1.29, 1.82) is 0 Å². The third-order valence-electron chi connectivity index (χ3n) is 3.19. The van der Waals surface area contributed by atoms with Gasteiger partial charge in [0.1, 0.15) is 0 Å². The normalized spacial score (nSPS) is 11.9. The summed E-state index contributed by atoms with van der Waals surface area (Å²) in [5.74, 6) is -0.0435. The van der Waals surface area contributed by atoms with Crippen LogP contribution in [0.15, 0.2) is 29.2 Å². The Hall–Kier alpha value is -1.40. The lowest BCUT2D eigenvalue weighted by Gasteiger charge is -2.17. The lowest BCUT2D eigenvalue weighted by atomic mass is 10.0. The molecule has 0 saturated heterocycles. The molecule has 0 heterocycles. The van der Waals surface area contributed by atoms with Gasteiger partial charge in [-0.1, -0.05) is 26.0 Å². The highest BCUT2D eigenvalue weighted by Crippen LogP contribution is 2.19. The number of carbonyl (C=O) groups excluding carboxylic acids is 1. The van der Waals surface area contributed by atoms with Crippen molar-refractivity contribution in [2.45, 2.75) is 38.0 Å². The lowest BCUT2D eigenvalue weighted by molar-refractivity contribution is -0.143. The van der Waals surface area contributed by atoms with Gasteiger partial charge in [0, 0.05) is 13.6 Å². The molecule has 1 aromatic carbocycles. The molecule has 1 aromatic rings. The Kier molecular flexibility index (Phi) is 6.36. The summed E-state index contributed by atoms with van der Waals surface area (Å²) in [6.45, 7) is 6.22. The highest BCUT2D eigenvalue weighted by Gasteiger charge is 2.21. The summed E-state index contributed by atoms with van der Waals surface area (Å²) in [6, 6.07) is 6.84. The van der Waals surface area contributed by atoms with E-state index >= 15 is 0 Å². The second-order valence-electron chi connectivity index (χ2n) is 5.11. The van der Waals surface area contributed by atoms with Gasteiger partial charge in [-0.25, -0.2) is 12.7 Å². The average molecular weight is 313 g/mol. The van der Waals surface area contributed by atoms with Crippen LogP contribution in [0.2, 0.25) is 0 Å². The van der Waals surface area contributed by atoms with Crippen LogP contribution in [0.5, 0.6) is 0 Å². The number of esters is 1. The Labute approximate surface area is 127 Å². The van der Waals surface area contributed by atoms with E-state index in [0.29, 0.717) is 12.5 Å². The van der Waals surface area contributed by atoms with E-state index in [1.165, 1.54) is 11.4 Å². The second-order valence-corrected chi connectivity index (χ2v) is 7.15. The van der Waals surface area contributed by atoms with Gasteiger partial charge in [0.25, 0.3) is 0 Å². The molecule has 118 valence electrons. The van der Waals surface area contributed by atoms with Crippen molar-refractivity contribution in [3.8, 4) is 0 Å². The molecule has 0 radical (unpaired) electrons. The van der Waals surface area contributed by atoms with Crippen LogP contribution in [-0.4, -0.2) is 38.9 Å². The van der Waals surface area contributed by atoms with Crippen LogP contribution in [0.25, 0.3) is 0 Å². The molecule has 0 saturated carbocycles. The largest absolute Gasteiger partial charge is 0.466 e. The van der Waals surface area contributed by atoms with E-state index in [9.17, 15) is 13.2 Å². The molecule has 5 nitrogen and oxygen atoms in total. The molecule has 0 bridgehead atoms. The molecule has 0 N–H and O–H groups in total. The van der Waals surface area contributed by atoms with E-state index in [4.69, 9.17) is 4.74 Å². The Balaban J connectivity index is 2.77. The number of carbonyl (C=O) groups is 1. The Morgan fingerprint density at radius 3 is 2.29 bits per heavy atom. The number of ether oxygens (including phenoxy) is 1. The van der Waals surface area contributed by atoms with E-state index in [0.717, 1.165) is 5.56 Å². The van der Waals surface area contributed by atoms with E-state index in [1.807, 2.05) is 12.1 Å². The zero-order valence-electron chi connectivity index (χ0n) is 13.0. The van der Waals surface area contributed by atoms with Crippen LogP contribution >= 0.6 is 0 Å². The number of nitrogens with zero attached hydrogens (tertiary/aromatic N) is 1. The van der Waals surface area contributed by atoms with Gasteiger partial charge in [-0.2, -0.15) is 0 Å². The van der Waals surface area contributed by atoms with Gasteiger partial charge in [-0.05, 0) is 30.5 Å². The van der Waals surface area contributed by atoms with Crippen molar-refractivity contribution in [3.63, 3.8) is 0 Å². The molecule has 0 aliphatic heterocycles. The quantitative estimate of drug-likeness (QED) is 0.725. The number of hydrogen-bond acceptors (Lipinski definition) is 4. The SMILES string of the molecule is CCOC(=O)CCN(C)S(=O)(=O)c1ccc(C(C)C)cc1. The second kappa shape index (κ2) is 7.56. The maximum atomic E-state index is 12.4. The Bertz CT molecular complexity index is 564. The van der Waals surface area contributed by atoms with E-state index in [1.54, 1.807) is 19.1 Å². The summed E-state index contributed by atoms with van der Waals surface area (Å²) in [5.41, 5.74) is 1.09. The summed E-state index contributed by atoms with van der Waals surface area (Å²) < 4.78 is 30.7. The van der Waals surface area contributed by atoms with Gasteiger partial charge in [-0.15, -0.1) is 0 Å². The van der Waals surface area contributed by atoms with E-state index < -0.39 is 16.0 Å². The number of rotatable bonds is 7. The van der Waals surface area contributed by atoms with Crippen molar-refractivity contribution in [3.05, 3.63) is 29.8 Å². The Morgan fingerprint density at radius 1 is 1.24 bits per heavy atom. The zero-order chi connectivity index (χ0) is 16.0. The minimum atomic E-state index is -3.57. The van der Waals surface area contributed by atoms with E-state index in [2.05, 4.69) is 13.8 Å². The topological polar surface area (TPSA) is 63.7 Å². The zero-order valence-corrected chi connectivity index (χ0v) is 13.8. The fourth-order valence-corrected chi connectivity index (χ4v) is 2.98. The van der Waals surface area contributed by atoms with Crippen molar-refractivity contribution >= 4 is 16.0 Å². The Morgan fingerprint density at radius 2 is 1.81 bits per heavy atom. The summed E-state index contributed by atoms with van der Waals surface area (Å²) in [6.07, 6.45) is 0.0493. The molecule has 0 unspecified atom stereocenters. The van der Waals surface area contributed by atoms with Crippen LogP contribution in [0.1, 0.15) is 38.7 Å². The highest BCUT2D eigenvalue weighted by molar-refractivity contribution is 7.89. The summed E-state index contributed by atoms with van der Waals surface area (Å²) >= 11 is 0. The van der Waals surface area contributed by atoms with Crippen LogP contribution < -0.4 is 0 Å². The molecule has 6 heteroatoms. The van der Waals surface area contributed by atoms with Crippen molar-refractivity contribution in [1.82, 2.24) is 4.31 Å². The molecule has 0 amide bonds. The predicted molar refractivity (Wildman–Crippen MR) is 81.6 cm³/mol. The summed E-state index contributed by atoms with van der Waals surface area (Å²) in [5, 5.41) is 0. The molecule has 1 rings (SSSR count). The summed E-state index contributed by atoms with van der Waals surface area (Å²) in [7, 11) is -2.10. The predicted octanol–water partition coefficient (Wildman–Crippen LogP) is 2.38. The smallest absolute Gasteiger partial charge is 0.307 e. The third-order valence-corrected chi connectivity index (χ3v) is 5.06. The van der Waals surface area contributed by atoms with E-state index in [-0.39, 0.29) is 17.9 Å². The average Bonchev–Trinajstić information content (AvgIpc) is 2.45. The van der Waals surface area contributed by atoms with Crippen LogP contribution in [-0.2, 0) is 19.6 Å². The number of sulfonamides is 1. The number of hydrogen-bond donors (Lipinski definition) is 0. The van der Waals surface area contributed by atoms with Gasteiger partial charge < -0.3 is 4.74 Å². The molecule has 0 aliphatic rings. The van der Waals surface area contributed by atoms with Gasteiger partial charge >= 0.3 is 5.97 Å². The fraction of sp³-hybridized carbons (Fsp3) is 0.533. The van der Waals surface area contributed by atoms with Crippen molar-refractivity contribution in [2.24, 2.45) is 0 Å². The maximum absolute atomic E-state index is 12.4. The molecule has 0 atom stereocenters. The molecule has 21 heavy (non-hydrogen) atoms. The third kappa shape index (κ3) is 4.82. The summed E-state index contributed by atoms with van der Waals surface area (Å²) in [4.78, 5) is 11.5. The molecular weight excluding hydrogens is 290 g/mol. The highest BCUT2D eigenvalue weighted by atomic mass is 32.2. The van der Waals surface area contributed by atoms with Gasteiger partial charge in [0.2, 0.25) is 10.0 Å². The van der Waals surface area contributed by atoms with Crippen LogP contribution in [0, 0.1) is 0 Å². The first-order valence-electron chi connectivity index (χ1n) is 7.01. The lowest BCUT2D eigenvalue weighted by Crippen LogP contribution is -2.29.